The predicted octanol–water partition coefficient (Wildman–Crippen LogP) is 4.35. The summed E-state index contributed by atoms with van der Waals surface area (Å²) < 4.78 is 11.3. The number of rotatable bonds is 10. The van der Waals surface area contributed by atoms with Crippen LogP contribution in [0, 0.1) is 19.8 Å². The second-order valence-electron chi connectivity index (χ2n) is 8.20. The second kappa shape index (κ2) is 10.00. The first-order chi connectivity index (χ1) is 14.4. The van der Waals surface area contributed by atoms with E-state index in [2.05, 4.69) is 66.7 Å². The molecular weight excluding hydrogens is 378 g/mol. The zero-order valence-electron chi connectivity index (χ0n) is 18.8. The van der Waals surface area contributed by atoms with Gasteiger partial charge in [-0.2, -0.15) is 4.98 Å². The highest BCUT2D eigenvalue weighted by Gasteiger charge is 2.21. The zero-order chi connectivity index (χ0) is 21.7. The van der Waals surface area contributed by atoms with Crippen LogP contribution in [-0.2, 0) is 4.74 Å². The van der Waals surface area contributed by atoms with Gasteiger partial charge in [0.15, 0.2) is 5.82 Å². The second-order valence-corrected chi connectivity index (χ2v) is 8.20. The molecule has 2 heterocycles. The van der Waals surface area contributed by atoms with E-state index in [1.165, 1.54) is 5.56 Å². The molecule has 0 saturated carbocycles. The number of hydrogen-bond acceptors (Lipinski definition) is 7. The molecular formula is C23H33N5O2. The Labute approximate surface area is 178 Å². The lowest BCUT2D eigenvalue weighted by molar-refractivity contribution is 0.0757. The fourth-order valence-electron chi connectivity index (χ4n) is 3.51. The molecule has 3 aromatic rings. The Kier molecular flexibility index (Phi) is 7.39. The lowest BCUT2D eigenvalue weighted by Crippen LogP contribution is -2.45. The number of benzene rings is 1. The molecule has 1 aromatic carbocycles. The van der Waals surface area contributed by atoms with Crippen molar-refractivity contribution in [2.24, 2.45) is 5.92 Å². The topological polar surface area (TPSA) is 85.1 Å². The number of methoxy groups -OCH3 is 1. The van der Waals surface area contributed by atoms with E-state index < -0.39 is 0 Å². The number of ether oxygens (including phenoxy) is 1. The van der Waals surface area contributed by atoms with Gasteiger partial charge in [-0.1, -0.05) is 37.6 Å². The Bertz CT molecular complexity index is 969. The number of aryl methyl sites for hydroxylation is 2. The van der Waals surface area contributed by atoms with Crippen LogP contribution >= 0.6 is 0 Å². The third kappa shape index (κ3) is 5.34. The first-order valence-electron chi connectivity index (χ1n) is 10.6. The van der Waals surface area contributed by atoms with Gasteiger partial charge in [-0.05, 0) is 50.9 Å². The molecule has 2 aromatic heterocycles. The molecule has 0 saturated heterocycles. The number of pyridine rings is 1. The van der Waals surface area contributed by atoms with Gasteiger partial charge in [0.2, 0.25) is 0 Å². The highest BCUT2D eigenvalue weighted by atomic mass is 16.5. The van der Waals surface area contributed by atoms with E-state index in [0.29, 0.717) is 24.2 Å². The zero-order valence-corrected chi connectivity index (χ0v) is 18.8. The maximum absolute atomic E-state index is 5.81. The largest absolute Gasteiger partial charge is 0.378 e. The molecule has 0 aliphatic rings. The van der Waals surface area contributed by atoms with E-state index >= 15 is 0 Å². The number of aromatic nitrogens is 3. The minimum Gasteiger partial charge on any atom is -0.378 e. The Morgan fingerprint density at radius 2 is 1.90 bits per heavy atom. The van der Waals surface area contributed by atoms with Gasteiger partial charge in [0.25, 0.3) is 5.89 Å². The summed E-state index contributed by atoms with van der Waals surface area (Å²) in [5.41, 5.74) is 2.90. The lowest BCUT2D eigenvalue weighted by Gasteiger charge is -2.27. The highest BCUT2D eigenvalue weighted by molar-refractivity contribution is 5.88. The van der Waals surface area contributed by atoms with Crippen molar-refractivity contribution in [1.29, 1.82) is 0 Å². The number of anilines is 1. The van der Waals surface area contributed by atoms with Gasteiger partial charge in [-0.15, -0.1) is 0 Å². The van der Waals surface area contributed by atoms with E-state index in [4.69, 9.17) is 14.2 Å². The van der Waals surface area contributed by atoms with Crippen LogP contribution in [0.1, 0.15) is 38.6 Å². The molecule has 30 heavy (non-hydrogen) atoms. The summed E-state index contributed by atoms with van der Waals surface area (Å²) in [4.78, 5) is 9.27. The molecule has 7 nitrogen and oxygen atoms in total. The predicted molar refractivity (Wildman–Crippen MR) is 121 cm³/mol. The van der Waals surface area contributed by atoms with Crippen molar-refractivity contribution in [3.8, 4) is 11.5 Å². The number of hydrogen-bond donors (Lipinski definition) is 2. The first-order valence-corrected chi connectivity index (χ1v) is 10.6. The summed E-state index contributed by atoms with van der Waals surface area (Å²) in [5.74, 6) is 2.36. The molecule has 0 radical (unpaired) electrons. The van der Waals surface area contributed by atoms with Crippen molar-refractivity contribution < 1.29 is 9.26 Å². The minimum atomic E-state index is 0.00142. The molecule has 7 heteroatoms. The van der Waals surface area contributed by atoms with Gasteiger partial charge in [-0.25, -0.2) is 4.98 Å². The Morgan fingerprint density at radius 1 is 1.10 bits per heavy atom. The van der Waals surface area contributed by atoms with Crippen LogP contribution in [0.15, 0.2) is 28.8 Å². The smallest absolute Gasteiger partial charge is 0.261 e. The first kappa shape index (κ1) is 22.2. The molecule has 3 rings (SSSR count). The number of nitrogens with one attached hydrogen (secondary N) is 2. The molecule has 0 amide bonds. The molecule has 0 fully saturated rings. The van der Waals surface area contributed by atoms with Gasteiger partial charge < -0.3 is 19.9 Å². The summed E-state index contributed by atoms with van der Waals surface area (Å²) in [6.45, 7) is 12.0. The third-order valence-corrected chi connectivity index (χ3v) is 5.18. The third-order valence-electron chi connectivity index (χ3n) is 5.18. The van der Waals surface area contributed by atoms with Gasteiger partial charge in [0.05, 0.1) is 17.2 Å². The SMILES string of the molecule is CCC(NCC(C)C)C(CNc1nc2ccc(C)cc2cc1-c1nc(C)no1)OC. The van der Waals surface area contributed by atoms with Crippen LogP contribution in [0.25, 0.3) is 22.4 Å². The Balaban J connectivity index is 1.88. The van der Waals surface area contributed by atoms with Gasteiger partial charge in [0, 0.05) is 25.1 Å². The number of nitrogens with zero attached hydrogens (tertiary/aromatic N) is 3. The molecule has 0 aliphatic heterocycles. The highest BCUT2D eigenvalue weighted by Crippen LogP contribution is 2.29. The normalized spacial score (nSPS) is 13.7. The van der Waals surface area contributed by atoms with Crippen molar-refractivity contribution in [2.45, 2.75) is 53.2 Å². The van der Waals surface area contributed by atoms with Crippen molar-refractivity contribution in [3.63, 3.8) is 0 Å². The van der Waals surface area contributed by atoms with E-state index in [-0.39, 0.29) is 12.1 Å². The average Bonchev–Trinajstić information content (AvgIpc) is 3.15. The average molecular weight is 412 g/mol. The summed E-state index contributed by atoms with van der Waals surface area (Å²) in [6.07, 6.45) is 0.981. The van der Waals surface area contributed by atoms with E-state index in [1.807, 2.05) is 13.0 Å². The molecule has 2 atom stereocenters. The molecule has 0 spiro atoms. The Hall–Kier alpha value is -2.51. The molecule has 0 aliphatic carbocycles. The summed E-state index contributed by atoms with van der Waals surface area (Å²) in [7, 11) is 1.75. The van der Waals surface area contributed by atoms with E-state index in [1.54, 1.807) is 7.11 Å². The Morgan fingerprint density at radius 3 is 2.53 bits per heavy atom. The van der Waals surface area contributed by atoms with Gasteiger partial charge in [-0.3, -0.25) is 0 Å². The fourth-order valence-corrected chi connectivity index (χ4v) is 3.51. The maximum Gasteiger partial charge on any atom is 0.261 e. The van der Waals surface area contributed by atoms with E-state index in [9.17, 15) is 0 Å². The van der Waals surface area contributed by atoms with Gasteiger partial charge >= 0.3 is 0 Å². The van der Waals surface area contributed by atoms with Crippen LogP contribution < -0.4 is 10.6 Å². The van der Waals surface area contributed by atoms with Crippen LogP contribution in [0.4, 0.5) is 5.82 Å². The maximum atomic E-state index is 5.81. The quantitative estimate of drug-likeness (QED) is 0.513. The molecule has 2 N–H and O–H groups in total. The minimum absolute atomic E-state index is 0.00142. The lowest BCUT2D eigenvalue weighted by atomic mass is 10.1. The summed E-state index contributed by atoms with van der Waals surface area (Å²) >= 11 is 0. The van der Waals surface area contributed by atoms with Crippen molar-refractivity contribution >= 4 is 16.7 Å². The van der Waals surface area contributed by atoms with Crippen molar-refractivity contribution in [2.75, 3.05) is 25.5 Å². The van der Waals surface area contributed by atoms with Crippen molar-refractivity contribution in [1.82, 2.24) is 20.4 Å². The molecule has 2 unspecified atom stereocenters. The van der Waals surface area contributed by atoms with Crippen LogP contribution in [0.2, 0.25) is 0 Å². The standard InChI is InChI=1S/C23H33N5O2/c1-7-19(24-12-14(2)3)21(29-6)13-25-22-18(23-26-16(5)28-30-23)11-17-10-15(4)8-9-20(17)27-22/h8-11,14,19,21,24H,7,12-13H2,1-6H3,(H,25,27). The molecule has 162 valence electrons. The van der Waals surface area contributed by atoms with Crippen molar-refractivity contribution in [3.05, 3.63) is 35.7 Å². The summed E-state index contributed by atoms with van der Waals surface area (Å²) in [6, 6.07) is 8.52. The fraction of sp³-hybridized carbons (Fsp3) is 0.522. The van der Waals surface area contributed by atoms with E-state index in [0.717, 1.165) is 35.2 Å². The summed E-state index contributed by atoms with van der Waals surface area (Å²) in [5, 5.41) is 12.1. The molecule has 0 bridgehead atoms. The van der Waals surface area contributed by atoms with Crippen LogP contribution in [-0.4, -0.2) is 47.5 Å². The van der Waals surface area contributed by atoms with Crippen LogP contribution in [0.3, 0.4) is 0 Å². The number of fused-ring (bicyclic) bond motifs is 1. The monoisotopic (exact) mass is 411 g/mol. The van der Waals surface area contributed by atoms with Gasteiger partial charge in [0.1, 0.15) is 5.82 Å². The van der Waals surface area contributed by atoms with Crippen LogP contribution in [0.5, 0.6) is 0 Å².